The Morgan fingerprint density at radius 1 is 1.32 bits per heavy atom. The topological polar surface area (TPSA) is 67.7 Å². The number of hydrogen-bond acceptors (Lipinski definition) is 2. The number of hydrogen-bond donors (Lipinski definition) is 2. The Balaban J connectivity index is 2.64. The van der Waals surface area contributed by atoms with Crippen LogP contribution in [0.5, 0.6) is 0 Å². The predicted molar refractivity (Wildman–Crippen MR) is 73.3 cm³/mol. The van der Waals surface area contributed by atoms with Crippen LogP contribution in [-0.2, 0) is 12.8 Å². The van der Waals surface area contributed by atoms with Gasteiger partial charge in [-0.25, -0.2) is 9.07 Å². The van der Waals surface area contributed by atoms with Crippen molar-refractivity contribution in [3.8, 4) is 5.69 Å². The zero-order valence-corrected chi connectivity index (χ0v) is 11.1. The number of nitrogen functional groups attached to an aromatic ring is 1. The molecule has 0 saturated heterocycles. The highest BCUT2D eigenvalue weighted by Gasteiger charge is 2.13. The minimum absolute atomic E-state index is 0.162. The Kier molecular flexibility index (Phi) is 3.64. The summed E-state index contributed by atoms with van der Waals surface area (Å²) in [5.74, 6) is -0.569. The lowest BCUT2D eigenvalue weighted by molar-refractivity contribution is 0.626. The lowest BCUT2D eigenvalue weighted by Crippen LogP contribution is -2.16. The van der Waals surface area contributed by atoms with Gasteiger partial charge in [0.05, 0.1) is 11.4 Å². The molecule has 100 valence electrons. The van der Waals surface area contributed by atoms with E-state index >= 15 is 0 Å². The number of rotatable bonds is 4. The summed E-state index contributed by atoms with van der Waals surface area (Å²) in [6.45, 7) is 4.06. The summed E-state index contributed by atoms with van der Waals surface area (Å²) in [4.78, 5) is 0. The molecule has 0 atom stereocenters. The van der Waals surface area contributed by atoms with Crippen molar-refractivity contribution >= 4 is 5.84 Å². The number of aromatic nitrogens is 2. The van der Waals surface area contributed by atoms with E-state index in [4.69, 9.17) is 11.1 Å². The van der Waals surface area contributed by atoms with Gasteiger partial charge in [0.15, 0.2) is 0 Å². The number of nitrogens with two attached hydrogens (primary N) is 1. The van der Waals surface area contributed by atoms with Crippen LogP contribution in [0, 0.1) is 11.2 Å². The Morgan fingerprint density at radius 3 is 2.63 bits per heavy atom. The van der Waals surface area contributed by atoms with Crippen molar-refractivity contribution in [3.63, 3.8) is 0 Å². The second-order valence-electron chi connectivity index (χ2n) is 4.32. The average molecular weight is 260 g/mol. The molecule has 0 unspecified atom stereocenters. The van der Waals surface area contributed by atoms with E-state index in [0.717, 1.165) is 24.2 Å². The molecular formula is C14H17FN4. The van der Waals surface area contributed by atoms with Crippen molar-refractivity contribution in [3.05, 3.63) is 47.0 Å². The summed E-state index contributed by atoms with van der Waals surface area (Å²) >= 11 is 0. The second-order valence-corrected chi connectivity index (χ2v) is 4.32. The Hall–Kier alpha value is -2.17. The number of nitrogens with one attached hydrogen (secondary N) is 1. The summed E-state index contributed by atoms with van der Waals surface area (Å²) < 4.78 is 15.0. The van der Waals surface area contributed by atoms with Gasteiger partial charge in [0.2, 0.25) is 0 Å². The van der Waals surface area contributed by atoms with Crippen molar-refractivity contribution in [1.82, 2.24) is 9.78 Å². The molecule has 0 aliphatic carbocycles. The first-order chi connectivity index (χ1) is 9.06. The zero-order valence-electron chi connectivity index (χ0n) is 11.1. The molecule has 0 spiro atoms. The van der Waals surface area contributed by atoms with Gasteiger partial charge in [0.25, 0.3) is 0 Å². The third-order valence-corrected chi connectivity index (χ3v) is 3.04. The fourth-order valence-corrected chi connectivity index (χ4v) is 2.02. The number of halogens is 1. The summed E-state index contributed by atoms with van der Waals surface area (Å²) in [5.41, 5.74) is 8.52. The second kappa shape index (κ2) is 5.22. The molecule has 2 aromatic rings. The number of nitrogens with zero attached hydrogens (tertiary/aromatic N) is 2. The summed E-state index contributed by atoms with van der Waals surface area (Å²) in [5, 5.41) is 12.1. The van der Waals surface area contributed by atoms with Crippen molar-refractivity contribution in [2.75, 3.05) is 0 Å². The van der Waals surface area contributed by atoms with Gasteiger partial charge in [-0.1, -0.05) is 13.8 Å². The fourth-order valence-electron chi connectivity index (χ4n) is 2.02. The highest BCUT2D eigenvalue weighted by molar-refractivity contribution is 5.98. The Bertz CT molecular complexity index is 616. The van der Waals surface area contributed by atoms with Gasteiger partial charge in [-0.15, -0.1) is 0 Å². The van der Waals surface area contributed by atoms with E-state index in [9.17, 15) is 4.39 Å². The van der Waals surface area contributed by atoms with Gasteiger partial charge in [0.1, 0.15) is 11.7 Å². The predicted octanol–water partition coefficient (Wildman–Crippen LogP) is 2.42. The molecule has 1 aromatic carbocycles. The van der Waals surface area contributed by atoms with Crippen LogP contribution in [0.1, 0.15) is 30.8 Å². The monoisotopic (exact) mass is 260 g/mol. The van der Waals surface area contributed by atoms with Crippen LogP contribution in [-0.4, -0.2) is 15.6 Å². The van der Waals surface area contributed by atoms with Crippen LogP contribution in [0.4, 0.5) is 4.39 Å². The normalized spacial score (nSPS) is 10.7. The summed E-state index contributed by atoms with van der Waals surface area (Å²) in [7, 11) is 0. The lowest BCUT2D eigenvalue weighted by Gasteiger charge is -2.11. The Morgan fingerprint density at radius 2 is 2.05 bits per heavy atom. The molecule has 0 aliphatic rings. The maximum absolute atomic E-state index is 13.3. The lowest BCUT2D eigenvalue weighted by atomic mass is 10.1. The minimum atomic E-state index is -0.408. The molecule has 1 aromatic heterocycles. The van der Waals surface area contributed by atoms with E-state index in [1.54, 1.807) is 10.7 Å². The van der Waals surface area contributed by atoms with E-state index in [1.807, 2.05) is 19.9 Å². The minimum Gasteiger partial charge on any atom is -0.384 e. The van der Waals surface area contributed by atoms with Crippen molar-refractivity contribution in [2.45, 2.75) is 26.7 Å². The molecule has 5 heteroatoms. The van der Waals surface area contributed by atoms with Crippen LogP contribution in [0.2, 0.25) is 0 Å². The molecule has 3 N–H and O–H groups in total. The van der Waals surface area contributed by atoms with E-state index in [0.29, 0.717) is 11.3 Å². The Labute approximate surface area is 111 Å². The van der Waals surface area contributed by atoms with Crippen LogP contribution in [0.25, 0.3) is 5.69 Å². The van der Waals surface area contributed by atoms with Gasteiger partial charge in [-0.05, 0) is 37.1 Å². The van der Waals surface area contributed by atoms with Crippen LogP contribution in [0.3, 0.4) is 0 Å². The first kappa shape index (κ1) is 13.3. The van der Waals surface area contributed by atoms with Gasteiger partial charge < -0.3 is 5.73 Å². The highest BCUT2D eigenvalue weighted by Crippen LogP contribution is 2.19. The van der Waals surface area contributed by atoms with Crippen molar-refractivity contribution in [1.29, 1.82) is 5.41 Å². The van der Waals surface area contributed by atoms with Crippen molar-refractivity contribution < 1.29 is 4.39 Å². The van der Waals surface area contributed by atoms with Crippen molar-refractivity contribution in [2.24, 2.45) is 5.73 Å². The molecular weight excluding hydrogens is 243 g/mol. The molecule has 0 radical (unpaired) electrons. The van der Waals surface area contributed by atoms with Gasteiger partial charge in [-0.2, -0.15) is 5.10 Å². The summed E-state index contributed by atoms with van der Waals surface area (Å²) in [6.07, 6.45) is 1.64. The number of aryl methyl sites for hydroxylation is 2. The molecule has 19 heavy (non-hydrogen) atoms. The maximum atomic E-state index is 13.3. The molecule has 1 heterocycles. The third-order valence-electron chi connectivity index (χ3n) is 3.04. The smallest absolute Gasteiger partial charge is 0.125 e. The fraction of sp³-hybridized carbons (Fsp3) is 0.286. The maximum Gasteiger partial charge on any atom is 0.125 e. The van der Waals surface area contributed by atoms with Gasteiger partial charge >= 0.3 is 0 Å². The molecule has 0 fully saturated rings. The molecule has 4 nitrogen and oxygen atoms in total. The SMILES string of the molecule is CCc1cc(CC)n(-c2ccc(F)cc2C(=N)N)n1. The van der Waals surface area contributed by atoms with E-state index in [1.165, 1.54) is 12.1 Å². The third kappa shape index (κ3) is 2.50. The highest BCUT2D eigenvalue weighted by atomic mass is 19.1. The van der Waals surface area contributed by atoms with Gasteiger partial charge in [-0.3, -0.25) is 5.41 Å². The molecule has 0 bridgehead atoms. The molecule has 2 rings (SSSR count). The van der Waals surface area contributed by atoms with E-state index < -0.39 is 5.82 Å². The van der Waals surface area contributed by atoms with Crippen LogP contribution < -0.4 is 5.73 Å². The van der Waals surface area contributed by atoms with E-state index in [-0.39, 0.29) is 5.84 Å². The summed E-state index contributed by atoms with van der Waals surface area (Å²) in [6, 6.07) is 6.25. The first-order valence-corrected chi connectivity index (χ1v) is 6.29. The average Bonchev–Trinajstić information content (AvgIpc) is 2.81. The molecule has 0 amide bonds. The standard InChI is InChI=1S/C14H17FN4/c1-3-10-8-11(4-2)19(18-10)13-6-5-9(15)7-12(13)14(16)17/h5-8H,3-4H2,1-2H3,(H3,16,17). The van der Waals surface area contributed by atoms with E-state index in [2.05, 4.69) is 5.10 Å². The van der Waals surface area contributed by atoms with Crippen LogP contribution >= 0.6 is 0 Å². The quantitative estimate of drug-likeness (QED) is 0.655. The molecule has 0 aliphatic heterocycles. The number of benzene rings is 1. The largest absolute Gasteiger partial charge is 0.384 e. The van der Waals surface area contributed by atoms with Gasteiger partial charge in [0, 0.05) is 11.3 Å². The van der Waals surface area contributed by atoms with Crippen LogP contribution in [0.15, 0.2) is 24.3 Å². The number of amidine groups is 1. The first-order valence-electron chi connectivity index (χ1n) is 6.29. The molecule has 0 saturated carbocycles. The zero-order chi connectivity index (χ0) is 14.0.